The Morgan fingerprint density at radius 3 is 2.75 bits per heavy atom. The van der Waals surface area contributed by atoms with Crippen molar-refractivity contribution in [2.24, 2.45) is 5.92 Å². The van der Waals surface area contributed by atoms with Crippen molar-refractivity contribution >= 4 is 11.7 Å². The summed E-state index contributed by atoms with van der Waals surface area (Å²) in [7, 11) is 0. The molecule has 1 atom stereocenters. The van der Waals surface area contributed by atoms with Crippen LogP contribution in [0, 0.1) is 5.92 Å². The fraction of sp³-hybridized carbons (Fsp3) is 0.625. The van der Waals surface area contributed by atoms with E-state index >= 15 is 0 Å². The number of ether oxygens (including phenoxy) is 1. The lowest BCUT2D eigenvalue weighted by atomic mass is 10.1. The number of nitrogens with zero attached hydrogens (tertiary/aromatic N) is 2. The van der Waals surface area contributed by atoms with Crippen LogP contribution in [0.1, 0.15) is 24.8 Å². The van der Waals surface area contributed by atoms with Gasteiger partial charge >= 0.3 is 6.18 Å². The van der Waals surface area contributed by atoms with Crippen LogP contribution in [0.5, 0.6) is 0 Å². The Kier molecular flexibility index (Phi) is 4.93. The molecule has 24 heavy (non-hydrogen) atoms. The highest BCUT2D eigenvalue weighted by molar-refractivity contribution is 5.80. The SMILES string of the molecule is O=C(NC1CCOCC1)C1CCN(c2ncccc2C(F)(F)F)C1. The minimum atomic E-state index is -4.45. The van der Waals surface area contributed by atoms with Crippen LogP contribution in [0.4, 0.5) is 19.0 Å². The third-order valence-corrected chi connectivity index (χ3v) is 4.52. The van der Waals surface area contributed by atoms with E-state index in [1.807, 2.05) is 0 Å². The summed E-state index contributed by atoms with van der Waals surface area (Å²) in [6.45, 7) is 1.91. The molecule has 2 saturated heterocycles. The van der Waals surface area contributed by atoms with Gasteiger partial charge in [-0.3, -0.25) is 4.79 Å². The summed E-state index contributed by atoms with van der Waals surface area (Å²) < 4.78 is 44.6. The van der Waals surface area contributed by atoms with Gasteiger partial charge in [-0.1, -0.05) is 0 Å². The van der Waals surface area contributed by atoms with Gasteiger partial charge < -0.3 is 15.0 Å². The number of rotatable bonds is 3. The molecule has 0 radical (unpaired) electrons. The quantitative estimate of drug-likeness (QED) is 0.914. The first-order valence-corrected chi connectivity index (χ1v) is 8.10. The third-order valence-electron chi connectivity index (χ3n) is 4.52. The molecule has 2 aliphatic heterocycles. The highest BCUT2D eigenvalue weighted by Crippen LogP contribution is 2.36. The van der Waals surface area contributed by atoms with E-state index in [1.54, 1.807) is 4.90 Å². The Bertz CT molecular complexity index is 588. The molecule has 2 aliphatic rings. The predicted molar refractivity (Wildman–Crippen MR) is 81.5 cm³/mol. The van der Waals surface area contributed by atoms with E-state index in [0.29, 0.717) is 26.2 Å². The summed E-state index contributed by atoms with van der Waals surface area (Å²) in [4.78, 5) is 17.8. The lowest BCUT2D eigenvalue weighted by Crippen LogP contribution is -2.42. The normalized spacial score (nSPS) is 22.6. The van der Waals surface area contributed by atoms with Gasteiger partial charge in [-0.2, -0.15) is 13.2 Å². The zero-order valence-corrected chi connectivity index (χ0v) is 13.2. The number of alkyl halides is 3. The zero-order valence-electron chi connectivity index (χ0n) is 13.2. The maximum Gasteiger partial charge on any atom is 0.419 e. The van der Waals surface area contributed by atoms with Crippen molar-refractivity contribution < 1.29 is 22.7 Å². The molecule has 132 valence electrons. The maximum atomic E-state index is 13.1. The molecule has 0 bridgehead atoms. The average Bonchev–Trinajstić information content (AvgIpc) is 3.05. The Balaban J connectivity index is 1.64. The first-order chi connectivity index (χ1) is 11.4. The van der Waals surface area contributed by atoms with Crippen LogP contribution in [0.25, 0.3) is 0 Å². The molecule has 3 heterocycles. The number of halogens is 3. The van der Waals surface area contributed by atoms with Crippen molar-refractivity contribution in [3.63, 3.8) is 0 Å². The van der Waals surface area contributed by atoms with Gasteiger partial charge in [0.2, 0.25) is 5.91 Å². The van der Waals surface area contributed by atoms with Gasteiger partial charge in [-0.05, 0) is 31.4 Å². The lowest BCUT2D eigenvalue weighted by Gasteiger charge is -2.25. The second-order valence-electron chi connectivity index (χ2n) is 6.20. The second-order valence-corrected chi connectivity index (χ2v) is 6.20. The van der Waals surface area contributed by atoms with Gasteiger partial charge in [0, 0.05) is 38.5 Å². The standard InChI is InChI=1S/C16H20F3N3O2/c17-16(18,19)13-2-1-6-20-14(13)22-7-3-11(10-22)15(23)21-12-4-8-24-9-5-12/h1-2,6,11-12H,3-5,7-10H2,(H,21,23). The maximum absolute atomic E-state index is 13.1. The third kappa shape index (κ3) is 3.80. The summed E-state index contributed by atoms with van der Waals surface area (Å²) in [5.41, 5.74) is -0.754. The summed E-state index contributed by atoms with van der Waals surface area (Å²) >= 11 is 0. The van der Waals surface area contributed by atoms with Crippen LogP contribution in [-0.4, -0.2) is 43.2 Å². The van der Waals surface area contributed by atoms with Gasteiger partial charge in [0.25, 0.3) is 0 Å². The van der Waals surface area contributed by atoms with Crippen molar-refractivity contribution in [2.45, 2.75) is 31.5 Å². The molecule has 3 rings (SSSR count). The summed E-state index contributed by atoms with van der Waals surface area (Å²) in [6, 6.07) is 2.40. The van der Waals surface area contributed by atoms with Crippen molar-refractivity contribution in [2.75, 3.05) is 31.2 Å². The van der Waals surface area contributed by atoms with Crippen LogP contribution < -0.4 is 10.2 Å². The van der Waals surface area contributed by atoms with Crippen molar-refractivity contribution in [1.82, 2.24) is 10.3 Å². The molecule has 1 aromatic heterocycles. The molecule has 2 fully saturated rings. The molecule has 0 saturated carbocycles. The number of nitrogens with one attached hydrogen (secondary N) is 1. The summed E-state index contributed by atoms with van der Waals surface area (Å²) in [5.74, 6) is -0.490. The Morgan fingerprint density at radius 2 is 2.04 bits per heavy atom. The first kappa shape index (κ1) is 17.0. The van der Waals surface area contributed by atoms with Crippen molar-refractivity contribution in [3.05, 3.63) is 23.9 Å². The molecular formula is C16H20F3N3O2. The van der Waals surface area contributed by atoms with E-state index in [0.717, 1.165) is 18.9 Å². The van der Waals surface area contributed by atoms with Gasteiger partial charge in [-0.25, -0.2) is 4.98 Å². The number of hydrogen-bond donors (Lipinski definition) is 1. The Morgan fingerprint density at radius 1 is 1.29 bits per heavy atom. The van der Waals surface area contributed by atoms with Crippen LogP contribution in [0.15, 0.2) is 18.3 Å². The molecule has 1 unspecified atom stereocenters. The monoisotopic (exact) mass is 343 g/mol. The number of carbonyl (C=O) groups excluding carboxylic acids is 1. The second kappa shape index (κ2) is 6.96. The minimum absolute atomic E-state index is 0.0890. The lowest BCUT2D eigenvalue weighted by molar-refractivity contribution is -0.137. The fourth-order valence-corrected chi connectivity index (χ4v) is 3.20. The van der Waals surface area contributed by atoms with Crippen LogP contribution in [-0.2, 0) is 15.7 Å². The Hall–Kier alpha value is -1.83. The van der Waals surface area contributed by atoms with Crippen molar-refractivity contribution in [3.8, 4) is 0 Å². The van der Waals surface area contributed by atoms with Gasteiger partial charge in [0.1, 0.15) is 5.82 Å². The number of amides is 1. The van der Waals surface area contributed by atoms with Gasteiger partial charge in [0.15, 0.2) is 0 Å². The number of anilines is 1. The molecule has 0 aromatic carbocycles. The number of pyridine rings is 1. The van der Waals surface area contributed by atoms with E-state index in [1.165, 1.54) is 12.3 Å². The predicted octanol–water partition coefficient (Wildman–Crippen LogP) is 2.22. The number of aromatic nitrogens is 1. The van der Waals surface area contributed by atoms with Crippen LogP contribution in [0.2, 0.25) is 0 Å². The smallest absolute Gasteiger partial charge is 0.381 e. The zero-order chi connectivity index (χ0) is 17.2. The number of hydrogen-bond acceptors (Lipinski definition) is 4. The number of carbonyl (C=O) groups is 1. The minimum Gasteiger partial charge on any atom is -0.381 e. The van der Waals surface area contributed by atoms with E-state index in [-0.39, 0.29) is 30.2 Å². The van der Waals surface area contributed by atoms with E-state index in [4.69, 9.17) is 4.74 Å². The molecule has 0 aliphatic carbocycles. The average molecular weight is 343 g/mol. The van der Waals surface area contributed by atoms with Gasteiger partial charge in [-0.15, -0.1) is 0 Å². The topological polar surface area (TPSA) is 54.5 Å². The molecule has 0 spiro atoms. The highest BCUT2D eigenvalue weighted by atomic mass is 19.4. The molecule has 8 heteroatoms. The largest absolute Gasteiger partial charge is 0.419 e. The fourth-order valence-electron chi connectivity index (χ4n) is 3.20. The first-order valence-electron chi connectivity index (χ1n) is 8.10. The molecule has 1 amide bonds. The van der Waals surface area contributed by atoms with Crippen LogP contribution >= 0.6 is 0 Å². The summed E-state index contributed by atoms with van der Waals surface area (Å²) in [5, 5.41) is 2.99. The molecule has 1 aromatic rings. The molecule has 5 nitrogen and oxygen atoms in total. The Labute approximate surface area is 138 Å². The van der Waals surface area contributed by atoms with Crippen molar-refractivity contribution in [1.29, 1.82) is 0 Å². The highest BCUT2D eigenvalue weighted by Gasteiger charge is 2.38. The molecular weight excluding hydrogens is 323 g/mol. The van der Waals surface area contributed by atoms with Crippen LogP contribution in [0.3, 0.4) is 0 Å². The van der Waals surface area contributed by atoms with E-state index in [2.05, 4.69) is 10.3 Å². The van der Waals surface area contributed by atoms with E-state index < -0.39 is 11.7 Å². The van der Waals surface area contributed by atoms with Gasteiger partial charge in [0.05, 0.1) is 11.5 Å². The molecule has 1 N–H and O–H groups in total. The summed E-state index contributed by atoms with van der Waals surface area (Å²) in [6.07, 6.45) is -1.02. The van der Waals surface area contributed by atoms with E-state index in [9.17, 15) is 18.0 Å².